The molecule has 0 saturated heterocycles. The van der Waals surface area contributed by atoms with Gasteiger partial charge >= 0.3 is 0 Å². The minimum Gasteiger partial charge on any atom is -0.326 e. The molecule has 2 N–H and O–H groups in total. The van der Waals surface area contributed by atoms with Crippen LogP contribution in [0.5, 0.6) is 0 Å². The fraction of sp³-hybridized carbons (Fsp3) is 0.100. The highest BCUT2D eigenvalue weighted by molar-refractivity contribution is 7.92. The number of imidazole rings is 1. The average Bonchev–Trinajstić information content (AvgIpc) is 3.24. The monoisotopic (exact) mass is 426 g/mol. The number of nitrogens with one attached hydrogen (secondary N) is 2. The Morgan fingerprint density at radius 2 is 1.86 bits per heavy atom. The molecule has 1 amide bonds. The van der Waals surface area contributed by atoms with Crippen molar-refractivity contribution in [2.24, 2.45) is 0 Å². The van der Waals surface area contributed by atoms with Crippen molar-refractivity contribution in [3.8, 4) is 11.3 Å². The van der Waals surface area contributed by atoms with E-state index in [0.717, 1.165) is 21.9 Å². The Morgan fingerprint density at radius 3 is 2.55 bits per heavy atom. The number of hydrogen-bond donors (Lipinski definition) is 2. The Kier molecular flexibility index (Phi) is 4.85. The molecular weight excluding hydrogens is 408 g/mol. The van der Waals surface area contributed by atoms with E-state index in [1.54, 1.807) is 41.7 Å². The Hall–Kier alpha value is -3.17. The van der Waals surface area contributed by atoms with Crippen LogP contribution in [0.1, 0.15) is 12.6 Å². The number of carbonyl (C=O) groups excluding carboxylic acids is 1. The second-order valence-corrected chi connectivity index (χ2v) is 9.07. The second-order valence-electron chi connectivity index (χ2n) is 6.55. The van der Waals surface area contributed by atoms with Gasteiger partial charge in [-0.1, -0.05) is 12.1 Å². The molecule has 4 aromatic rings. The van der Waals surface area contributed by atoms with Gasteiger partial charge in [-0.2, -0.15) is 0 Å². The Labute approximate surface area is 172 Å². The van der Waals surface area contributed by atoms with Gasteiger partial charge in [0.15, 0.2) is 4.96 Å². The Balaban J connectivity index is 1.58. The van der Waals surface area contributed by atoms with Crippen LogP contribution >= 0.6 is 11.3 Å². The Morgan fingerprint density at radius 1 is 1.10 bits per heavy atom. The molecule has 0 radical (unpaired) electrons. The first-order chi connectivity index (χ1) is 13.8. The molecule has 0 unspecified atom stereocenters. The molecule has 4 rings (SSSR count). The highest BCUT2D eigenvalue weighted by Gasteiger charge is 2.15. The number of rotatable bonds is 5. The summed E-state index contributed by atoms with van der Waals surface area (Å²) in [4.78, 5) is 16.7. The first-order valence-electron chi connectivity index (χ1n) is 8.76. The molecule has 0 fully saturated rings. The van der Waals surface area contributed by atoms with Crippen molar-refractivity contribution >= 4 is 43.6 Å². The van der Waals surface area contributed by atoms with E-state index in [0.29, 0.717) is 11.4 Å². The van der Waals surface area contributed by atoms with Crippen LogP contribution < -0.4 is 10.0 Å². The summed E-state index contributed by atoms with van der Waals surface area (Å²) >= 11 is 1.56. The number of carbonyl (C=O) groups is 1. The summed E-state index contributed by atoms with van der Waals surface area (Å²) in [7, 11) is -3.76. The third kappa shape index (κ3) is 4.01. The zero-order valence-corrected chi connectivity index (χ0v) is 17.3. The molecule has 0 bridgehead atoms. The van der Waals surface area contributed by atoms with Crippen LogP contribution in [0.25, 0.3) is 16.2 Å². The van der Waals surface area contributed by atoms with Crippen LogP contribution in [0.3, 0.4) is 0 Å². The summed E-state index contributed by atoms with van der Waals surface area (Å²) in [5, 5.41) is 4.64. The van der Waals surface area contributed by atoms with Gasteiger partial charge in [0.05, 0.1) is 10.6 Å². The molecule has 0 saturated carbocycles. The molecule has 29 heavy (non-hydrogen) atoms. The first-order valence-corrected chi connectivity index (χ1v) is 11.1. The molecule has 7 nitrogen and oxygen atoms in total. The lowest BCUT2D eigenvalue weighted by molar-refractivity contribution is -0.114. The molecular formula is C20H18N4O3S2. The van der Waals surface area contributed by atoms with Crippen LogP contribution in [0.4, 0.5) is 11.4 Å². The molecule has 0 aliphatic rings. The van der Waals surface area contributed by atoms with Crippen LogP contribution in [0.2, 0.25) is 0 Å². The normalized spacial score (nSPS) is 11.5. The predicted molar refractivity (Wildman–Crippen MR) is 115 cm³/mol. The topological polar surface area (TPSA) is 92.6 Å². The average molecular weight is 427 g/mol. The van der Waals surface area contributed by atoms with Gasteiger partial charge in [-0.3, -0.25) is 13.9 Å². The quantitative estimate of drug-likeness (QED) is 0.502. The fourth-order valence-electron chi connectivity index (χ4n) is 2.91. The molecule has 2 aromatic heterocycles. The van der Waals surface area contributed by atoms with Crippen molar-refractivity contribution in [3.05, 3.63) is 65.8 Å². The lowest BCUT2D eigenvalue weighted by atomic mass is 10.1. The third-order valence-electron chi connectivity index (χ3n) is 4.28. The summed E-state index contributed by atoms with van der Waals surface area (Å²) in [6.45, 7) is 3.40. The van der Waals surface area contributed by atoms with Crippen molar-refractivity contribution in [1.29, 1.82) is 0 Å². The van der Waals surface area contributed by atoms with E-state index in [4.69, 9.17) is 0 Å². The SMILES string of the molecule is CC(=O)Nc1ccc(S(=O)(=O)Nc2cccc(-c3cn4c(C)csc4n3)c2)cc1. The molecule has 0 spiro atoms. The minimum atomic E-state index is -3.76. The van der Waals surface area contributed by atoms with Gasteiger partial charge in [-0.05, 0) is 43.3 Å². The number of benzene rings is 2. The van der Waals surface area contributed by atoms with Crippen LogP contribution in [-0.4, -0.2) is 23.7 Å². The first kappa shape index (κ1) is 19.2. The third-order valence-corrected chi connectivity index (χ3v) is 6.64. The zero-order valence-electron chi connectivity index (χ0n) is 15.7. The number of aryl methyl sites for hydroxylation is 1. The number of aromatic nitrogens is 2. The molecule has 9 heteroatoms. The smallest absolute Gasteiger partial charge is 0.261 e. The van der Waals surface area contributed by atoms with Crippen LogP contribution in [-0.2, 0) is 14.8 Å². The zero-order chi connectivity index (χ0) is 20.6. The largest absolute Gasteiger partial charge is 0.326 e. The lowest BCUT2D eigenvalue weighted by Crippen LogP contribution is -2.13. The second kappa shape index (κ2) is 7.34. The highest BCUT2D eigenvalue weighted by atomic mass is 32.2. The minimum absolute atomic E-state index is 0.107. The lowest BCUT2D eigenvalue weighted by Gasteiger charge is -2.10. The summed E-state index contributed by atoms with van der Waals surface area (Å²) in [6, 6.07) is 13.1. The van der Waals surface area contributed by atoms with E-state index in [2.05, 4.69) is 15.0 Å². The summed E-state index contributed by atoms with van der Waals surface area (Å²) in [5.74, 6) is -0.218. The maximum atomic E-state index is 12.7. The number of thiazole rings is 1. The number of anilines is 2. The van der Waals surface area contributed by atoms with Crippen molar-refractivity contribution in [3.63, 3.8) is 0 Å². The number of fused-ring (bicyclic) bond motifs is 1. The van der Waals surface area contributed by atoms with Gasteiger partial charge in [0, 0.05) is 41.1 Å². The fourth-order valence-corrected chi connectivity index (χ4v) is 4.81. The van der Waals surface area contributed by atoms with Gasteiger partial charge < -0.3 is 5.32 Å². The molecule has 2 aromatic carbocycles. The summed E-state index contributed by atoms with van der Waals surface area (Å²) in [5.41, 5.74) is 3.68. The van der Waals surface area contributed by atoms with E-state index in [9.17, 15) is 13.2 Å². The predicted octanol–water partition coefficient (Wildman–Crippen LogP) is 4.13. The molecule has 0 aliphatic carbocycles. The molecule has 0 atom stereocenters. The van der Waals surface area contributed by atoms with E-state index in [1.807, 2.05) is 29.0 Å². The summed E-state index contributed by atoms with van der Waals surface area (Å²) < 4.78 is 30.0. The number of nitrogens with zero attached hydrogens (tertiary/aromatic N) is 2. The molecule has 2 heterocycles. The van der Waals surface area contributed by atoms with Crippen molar-refractivity contribution in [1.82, 2.24) is 9.38 Å². The number of amides is 1. The van der Waals surface area contributed by atoms with Gasteiger partial charge in [-0.25, -0.2) is 13.4 Å². The van der Waals surface area contributed by atoms with Gasteiger partial charge in [0.25, 0.3) is 10.0 Å². The van der Waals surface area contributed by atoms with E-state index >= 15 is 0 Å². The van der Waals surface area contributed by atoms with Crippen molar-refractivity contribution < 1.29 is 13.2 Å². The van der Waals surface area contributed by atoms with Crippen LogP contribution in [0, 0.1) is 6.92 Å². The Bertz CT molecular complexity index is 1310. The van der Waals surface area contributed by atoms with Gasteiger partial charge in [0.2, 0.25) is 5.91 Å². The van der Waals surface area contributed by atoms with E-state index < -0.39 is 10.0 Å². The summed E-state index contributed by atoms with van der Waals surface area (Å²) in [6.07, 6.45) is 1.94. The maximum absolute atomic E-state index is 12.7. The number of sulfonamides is 1. The standard InChI is InChI=1S/C20H18N4O3S2/c1-13-12-28-20-22-19(11-24(13)20)15-4-3-5-17(10-15)23-29(26,27)18-8-6-16(7-9-18)21-14(2)25/h3-12,23H,1-2H3,(H,21,25). The number of hydrogen-bond acceptors (Lipinski definition) is 5. The molecule has 148 valence electrons. The van der Waals surface area contributed by atoms with Gasteiger partial charge in [-0.15, -0.1) is 11.3 Å². The van der Waals surface area contributed by atoms with Gasteiger partial charge in [0.1, 0.15) is 0 Å². The van der Waals surface area contributed by atoms with E-state index in [1.165, 1.54) is 19.1 Å². The highest BCUT2D eigenvalue weighted by Crippen LogP contribution is 2.26. The van der Waals surface area contributed by atoms with Crippen LogP contribution in [0.15, 0.2) is 65.0 Å². The molecule has 0 aliphatic heterocycles. The maximum Gasteiger partial charge on any atom is 0.261 e. The van der Waals surface area contributed by atoms with E-state index in [-0.39, 0.29) is 10.8 Å². The van der Waals surface area contributed by atoms with Crippen molar-refractivity contribution in [2.45, 2.75) is 18.7 Å². The van der Waals surface area contributed by atoms with Crippen molar-refractivity contribution in [2.75, 3.05) is 10.0 Å².